The highest BCUT2D eigenvalue weighted by atomic mass is 19.4. The van der Waals surface area contributed by atoms with Gasteiger partial charge in [0.15, 0.2) is 0 Å². The quantitative estimate of drug-likeness (QED) is 0.361. The van der Waals surface area contributed by atoms with Crippen molar-refractivity contribution in [1.82, 2.24) is 44.5 Å². The standard InChI is InChI=1S/C21H14F5N9O2/c22-17(23)14-3-1-2-10-8-13(32-35(10)14)16-15-11(27-9-28-15)4-6-33(16)20(36)19-30-29-18(37-19)12-5-7-34(31-12)21(24,25)26/h1-3,5,7-9,16-17H,4,6H2,(H,27,28)/t16-/m0/s1. The Morgan fingerprint density at radius 1 is 1.16 bits per heavy atom. The van der Waals surface area contributed by atoms with Crippen LogP contribution in [0.25, 0.3) is 17.1 Å². The lowest BCUT2D eigenvalue weighted by Crippen LogP contribution is -2.41. The predicted octanol–water partition coefficient (Wildman–Crippen LogP) is 3.51. The van der Waals surface area contributed by atoms with Crippen LogP contribution in [0.4, 0.5) is 22.0 Å². The van der Waals surface area contributed by atoms with Crippen molar-refractivity contribution in [2.24, 2.45) is 0 Å². The zero-order chi connectivity index (χ0) is 25.9. The van der Waals surface area contributed by atoms with Crippen LogP contribution in [0, 0.1) is 0 Å². The van der Waals surface area contributed by atoms with E-state index < -0.39 is 30.6 Å². The number of nitrogens with one attached hydrogen (secondary N) is 1. The van der Waals surface area contributed by atoms with Crippen molar-refractivity contribution in [3.05, 3.63) is 71.5 Å². The first kappa shape index (κ1) is 22.8. The molecule has 190 valence electrons. The van der Waals surface area contributed by atoms with E-state index >= 15 is 0 Å². The topological polar surface area (TPSA) is 123 Å². The molecule has 0 aromatic carbocycles. The number of rotatable bonds is 4. The molecule has 0 radical (unpaired) electrons. The summed E-state index contributed by atoms with van der Waals surface area (Å²) >= 11 is 0. The van der Waals surface area contributed by atoms with E-state index in [9.17, 15) is 26.7 Å². The minimum absolute atomic E-state index is 0.161. The predicted molar refractivity (Wildman–Crippen MR) is 112 cm³/mol. The lowest BCUT2D eigenvalue weighted by Gasteiger charge is -2.32. The van der Waals surface area contributed by atoms with E-state index in [1.165, 1.54) is 23.4 Å². The average molecular weight is 519 g/mol. The number of aromatic nitrogens is 8. The molecule has 0 aliphatic carbocycles. The summed E-state index contributed by atoms with van der Waals surface area (Å²) in [7, 11) is 0. The van der Waals surface area contributed by atoms with E-state index in [0.717, 1.165) is 16.3 Å². The van der Waals surface area contributed by atoms with Gasteiger partial charge in [0.2, 0.25) is 0 Å². The maximum atomic E-state index is 13.5. The second kappa shape index (κ2) is 8.21. The smallest absolute Gasteiger partial charge is 0.411 e. The van der Waals surface area contributed by atoms with Crippen molar-refractivity contribution >= 4 is 11.4 Å². The van der Waals surface area contributed by atoms with Gasteiger partial charge in [-0.15, -0.1) is 23.4 Å². The number of pyridine rings is 1. The Morgan fingerprint density at radius 2 is 2.00 bits per heavy atom. The van der Waals surface area contributed by atoms with Gasteiger partial charge in [0.05, 0.1) is 23.2 Å². The van der Waals surface area contributed by atoms with Gasteiger partial charge < -0.3 is 14.3 Å². The van der Waals surface area contributed by atoms with Gasteiger partial charge in [0.1, 0.15) is 17.4 Å². The van der Waals surface area contributed by atoms with E-state index in [1.54, 1.807) is 12.1 Å². The van der Waals surface area contributed by atoms with Crippen LogP contribution in [0.1, 0.15) is 45.9 Å². The molecule has 0 saturated heterocycles. The number of carbonyl (C=O) groups is 1. The van der Waals surface area contributed by atoms with E-state index in [0.29, 0.717) is 23.8 Å². The number of H-pyrrole nitrogens is 1. The van der Waals surface area contributed by atoms with Crippen molar-refractivity contribution in [3.8, 4) is 11.6 Å². The molecule has 0 saturated carbocycles. The van der Waals surface area contributed by atoms with Crippen LogP contribution in [-0.4, -0.2) is 56.9 Å². The van der Waals surface area contributed by atoms with Gasteiger partial charge in [0, 0.05) is 24.9 Å². The molecule has 1 aliphatic rings. The number of halogens is 5. The van der Waals surface area contributed by atoms with Gasteiger partial charge in [-0.25, -0.2) is 18.3 Å². The Morgan fingerprint density at radius 3 is 2.76 bits per heavy atom. The van der Waals surface area contributed by atoms with Crippen molar-refractivity contribution in [3.63, 3.8) is 0 Å². The van der Waals surface area contributed by atoms with Gasteiger partial charge >= 0.3 is 18.1 Å². The summed E-state index contributed by atoms with van der Waals surface area (Å²) in [4.78, 5) is 22.1. The fourth-order valence-electron chi connectivity index (χ4n) is 4.27. The van der Waals surface area contributed by atoms with Gasteiger partial charge in [-0.1, -0.05) is 6.07 Å². The minimum atomic E-state index is -4.74. The van der Waals surface area contributed by atoms with E-state index in [-0.39, 0.29) is 34.2 Å². The number of amides is 1. The summed E-state index contributed by atoms with van der Waals surface area (Å²) in [6.45, 7) is 0.161. The van der Waals surface area contributed by atoms with Crippen LogP contribution in [0.3, 0.4) is 0 Å². The molecule has 0 fully saturated rings. The Labute approximate surface area is 202 Å². The number of hydrogen-bond donors (Lipinski definition) is 1. The van der Waals surface area contributed by atoms with Crippen molar-refractivity contribution < 1.29 is 31.2 Å². The van der Waals surface area contributed by atoms with Crippen molar-refractivity contribution in [1.29, 1.82) is 0 Å². The highest BCUT2D eigenvalue weighted by Crippen LogP contribution is 2.35. The van der Waals surface area contributed by atoms with Gasteiger partial charge in [0.25, 0.3) is 12.3 Å². The fourth-order valence-corrected chi connectivity index (χ4v) is 4.27. The monoisotopic (exact) mass is 519 g/mol. The van der Waals surface area contributed by atoms with E-state index in [2.05, 4.69) is 30.4 Å². The summed E-state index contributed by atoms with van der Waals surface area (Å²) in [6, 6.07) is 6.04. The number of aromatic amines is 1. The summed E-state index contributed by atoms with van der Waals surface area (Å²) in [5.74, 6) is -1.61. The molecule has 6 rings (SSSR count). The molecule has 1 amide bonds. The van der Waals surface area contributed by atoms with Crippen LogP contribution < -0.4 is 0 Å². The van der Waals surface area contributed by atoms with Crippen LogP contribution in [0.2, 0.25) is 0 Å². The van der Waals surface area contributed by atoms with Crippen LogP contribution in [0.15, 0.2) is 47.3 Å². The molecular weight excluding hydrogens is 505 g/mol. The van der Waals surface area contributed by atoms with Crippen LogP contribution >= 0.6 is 0 Å². The number of carbonyl (C=O) groups excluding carboxylic acids is 1. The molecule has 0 bridgehead atoms. The van der Waals surface area contributed by atoms with Crippen LogP contribution in [0.5, 0.6) is 0 Å². The third-order valence-corrected chi connectivity index (χ3v) is 5.90. The molecule has 1 N–H and O–H groups in total. The molecule has 1 aliphatic heterocycles. The fraction of sp³-hybridized carbons (Fsp3) is 0.238. The first-order valence-corrected chi connectivity index (χ1v) is 10.8. The van der Waals surface area contributed by atoms with Crippen molar-refractivity contribution in [2.75, 3.05) is 6.54 Å². The molecule has 37 heavy (non-hydrogen) atoms. The number of hydrogen-bond acceptors (Lipinski definition) is 7. The molecule has 5 aromatic heterocycles. The lowest BCUT2D eigenvalue weighted by molar-refractivity contribution is -0.212. The first-order valence-electron chi connectivity index (χ1n) is 10.8. The zero-order valence-corrected chi connectivity index (χ0v) is 18.4. The van der Waals surface area contributed by atoms with Gasteiger partial charge in [-0.3, -0.25) is 4.79 Å². The number of fused-ring (bicyclic) bond motifs is 2. The molecular formula is C21H14F5N9O2. The van der Waals surface area contributed by atoms with Crippen LogP contribution in [-0.2, 0) is 12.7 Å². The maximum Gasteiger partial charge on any atom is 0.504 e. The number of imidazole rings is 1. The normalized spacial score (nSPS) is 16.1. The molecule has 6 heterocycles. The molecule has 5 aromatic rings. The first-order chi connectivity index (χ1) is 17.7. The SMILES string of the molecule is O=C(c1nnc(-c2ccn(C(F)(F)F)n2)o1)N1CCc2[nH]cnc2[C@@H]1c1cc2cccc(C(F)F)n2n1. The molecule has 11 nitrogen and oxygen atoms in total. The third kappa shape index (κ3) is 3.80. The largest absolute Gasteiger partial charge is 0.504 e. The number of alkyl halides is 5. The van der Waals surface area contributed by atoms with Crippen molar-refractivity contribution in [2.45, 2.75) is 25.2 Å². The summed E-state index contributed by atoms with van der Waals surface area (Å²) in [6.07, 6.45) is -4.99. The third-order valence-electron chi connectivity index (χ3n) is 5.90. The molecule has 1 atom stereocenters. The van der Waals surface area contributed by atoms with E-state index in [4.69, 9.17) is 4.42 Å². The Kier molecular flexibility index (Phi) is 5.06. The molecule has 0 spiro atoms. The highest BCUT2D eigenvalue weighted by molar-refractivity contribution is 5.90. The summed E-state index contributed by atoms with van der Waals surface area (Å²) in [5, 5.41) is 15.1. The van der Waals surface area contributed by atoms with Gasteiger partial charge in [-0.2, -0.15) is 14.9 Å². The second-order valence-electron chi connectivity index (χ2n) is 8.10. The Bertz CT molecular complexity index is 1620. The number of nitrogens with zero attached hydrogens (tertiary/aromatic N) is 8. The molecule has 16 heteroatoms. The Hall–Kier alpha value is -4.63. The highest BCUT2D eigenvalue weighted by Gasteiger charge is 2.39. The van der Waals surface area contributed by atoms with E-state index in [1.807, 2.05) is 0 Å². The second-order valence-corrected chi connectivity index (χ2v) is 8.10. The minimum Gasteiger partial charge on any atom is -0.411 e. The maximum absolute atomic E-state index is 13.5. The van der Waals surface area contributed by atoms with Gasteiger partial charge in [-0.05, 0) is 24.3 Å². The summed E-state index contributed by atoms with van der Waals surface area (Å²) < 4.78 is 71.9. The lowest BCUT2D eigenvalue weighted by atomic mass is 9.99. The average Bonchev–Trinajstić information content (AvgIpc) is 3.66. The zero-order valence-electron chi connectivity index (χ0n) is 18.4. The Balaban J connectivity index is 1.37. The molecule has 0 unspecified atom stereocenters. The summed E-state index contributed by atoms with van der Waals surface area (Å²) in [5.41, 5.74) is 1.28.